The van der Waals surface area contributed by atoms with E-state index in [1.54, 1.807) is 0 Å². The van der Waals surface area contributed by atoms with Crippen molar-refractivity contribution in [2.24, 2.45) is 5.92 Å². The molecule has 1 heterocycles. The number of nitrogens with one attached hydrogen (secondary N) is 1. The molecule has 0 bridgehead atoms. The monoisotopic (exact) mass is 259 g/mol. The van der Waals surface area contributed by atoms with Crippen molar-refractivity contribution in [3.8, 4) is 0 Å². The van der Waals surface area contributed by atoms with E-state index in [4.69, 9.17) is 0 Å². The fourth-order valence-corrected chi connectivity index (χ4v) is 4.03. The lowest BCUT2D eigenvalue weighted by Crippen LogP contribution is -2.51. The Kier molecular flexibility index (Phi) is 3.90. The van der Waals surface area contributed by atoms with Gasteiger partial charge in [-0.15, -0.1) is 0 Å². The van der Waals surface area contributed by atoms with Gasteiger partial charge in [0.15, 0.2) is 0 Å². The van der Waals surface area contributed by atoms with Gasteiger partial charge in [0.25, 0.3) is 0 Å². The first-order valence-electron chi connectivity index (χ1n) is 7.83. The molecule has 1 aromatic rings. The topological polar surface area (TPSA) is 32.3 Å². The van der Waals surface area contributed by atoms with Crippen molar-refractivity contribution in [2.75, 3.05) is 6.54 Å². The summed E-state index contributed by atoms with van der Waals surface area (Å²) in [6, 6.07) is 10.6. The second-order valence-electron chi connectivity index (χ2n) is 6.18. The molecule has 2 N–H and O–H groups in total. The van der Waals surface area contributed by atoms with Crippen LogP contribution in [0.4, 0.5) is 0 Å². The van der Waals surface area contributed by atoms with Crippen LogP contribution in [0.25, 0.3) is 0 Å². The Bertz CT molecular complexity index is 393. The van der Waals surface area contributed by atoms with Crippen molar-refractivity contribution in [2.45, 2.75) is 56.6 Å². The fraction of sp³-hybridized carbons (Fsp3) is 0.647. The molecular formula is C17H25NO. The molecule has 2 unspecified atom stereocenters. The van der Waals surface area contributed by atoms with E-state index < -0.39 is 5.60 Å². The number of hydrogen-bond donors (Lipinski definition) is 2. The maximum atomic E-state index is 11.5. The van der Waals surface area contributed by atoms with Gasteiger partial charge in [-0.1, -0.05) is 49.6 Å². The van der Waals surface area contributed by atoms with Crippen molar-refractivity contribution >= 4 is 0 Å². The maximum absolute atomic E-state index is 11.5. The Labute approximate surface area is 116 Å². The van der Waals surface area contributed by atoms with Gasteiger partial charge in [-0.3, -0.25) is 0 Å². The molecule has 1 aliphatic heterocycles. The lowest BCUT2D eigenvalue weighted by atomic mass is 9.69. The third-order valence-corrected chi connectivity index (χ3v) is 5.06. The first-order valence-corrected chi connectivity index (χ1v) is 7.83. The maximum Gasteiger partial charge on any atom is 0.108 e. The minimum absolute atomic E-state index is 0.234. The second-order valence-corrected chi connectivity index (χ2v) is 6.18. The standard InChI is InChI=1S/C17H25NO/c19-17(16-12-7-13-18-16,14-8-3-1-4-9-14)15-10-5-2-6-11-15/h1,3-4,8-9,15-16,18-19H,2,5-7,10-13H2. The molecule has 0 aromatic heterocycles. The van der Waals surface area contributed by atoms with E-state index in [9.17, 15) is 5.11 Å². The van der Waals surface area contributed by atoms with Gasteiger partial charge in [0.2, 0.25) is 0 Å². The van der Waals surface area contributed by atoms with Crippen LogP contribution in [0.3, 0.4) is 0 Å². The average Bonchev–Trinajstić information content (AvgIpc) is 3.03. The number of hydrogen-bond acceptors (Lipinski definition) is 2. The van der Waals surface area contributed by atoms with Crippen molar-refractivity contribution in [1.82, 2.24) is 5.32 Å². The van der Waals surface area contributed by atoms with E-state index in [0.717, 1.165) is 18.5 Å². The Morgan fingerprint density at radius 1 is 0.947 bits per heavy atom. The summed E-state index contributed by atoms with van der Waals surface area (Å²) in [6.07, 6.45) is 8.50. The molecule has 0 amide bonds. The Morgan fingerprint density at radius 2 is 1.68 bits per heavy atom. The van der Waals surface area contributed by atoms with Crippen LogP contribution in [0.5, 0.6) is 0 Å². The van der Waals surface area contributed by atoms with E-state index in [2.05, 4.69) is 29.6 Å². The molecule has 2 nitrogen and oxygen atoms in total. The van der Waals surface area contributed by atoms with E-state index >= 15 is 0 Å². The van der Waals surface area contributed by atoms with Crippen LogP contribution in [-0.4, -0.2) is 17.7 Å². The zero-order valence-electron chi connectivity index (χ0n) is 11.6. The lowest BCUT2D eigenvalue weighted by Gasteiger charge is -2.43. The molecule has 1 aliphatic carbocycles. The molecule has 3 rings (SSSR count). The van der Waals surface area contributed by atoms with Crippen molar-refractivity contribution in [3.63, 3.8) is 0 Å². The zero-order chi connectivity index (χ0) is 13.1. The summed E-state index contributed by atoms with van der Waals surface area (Å²) in [5.74, 6) is 0.416. The largest absolute Gasteiger partial charge is 0.383 e. The van der Waals surface area contributed by atoms with Gasteiger partial charge in [0.05, 0.1) is 0 Å². The Hall–Kier alpha value is -0.860. The number of benzene rings is 1. The molecular weight excluding hydrogens is 234 g/mol. The smallest absolute Gasteiger partial charge is 0.108 e. The third kappa shape index (κ3) is 2.44. The van der Waals surface area contributed by atoms with Crippen molar-refractivity contribution in [1.29, 1.82) is 0 Å². The zero-order valence-corrected chi connectivity index (χ0v) is 11.6. The molecule has 1 saturated heterocycles. The minimum Gasteiger partial charge on any atom is -0.383 e. The normalized spacial score (nSPS) is 28.2. The van der Waals surface area contributed by atoms with Gasteiger partial charge in [-0.05, 0) is 43.7 Å². The van der Waals surface area contributed by atoms with Crippen LogP contribution in [0.2, 0.25) is 0 Å². The van der Waals surface area contributed by atoms with Gasteiger partial charge in [-0.2, -0.15) is 0 Å². The summed E-state index contributed by atoms with van der Waals surface area (Å²) in [4.78, 5) is 0. The van der Waals surface area contributed by atoms with E-state index in [-0.39, 0.29) is 6.04 Å². The number of aliphatic hydroxyl groups is 1. The van der Waals surface area contributed by atoms with Gasteiger partial charge >= 0.3 is 0 Å². The molecule has 2 fully saturated rings. The molecule has 0 radical (unpaired) electrons. The van der Waals surface area contributed by atoms with Gasteiger partial charge in [0.1, 0.15) is 5.60 Å². The van der Waals surface area contributed by atoms with Crippen LogP contribution in [-0.2, 0) is 5.60 Å². The van der Waals surface area contributed by atoms with Gasteiger partial charge in [0, 0.05) is 6.04 Å². The third-order valence-electron chi connectivity index (χ3n) is 5.06. The predicted octanol–water partition coefficient (Wildman–Crippen LogP) is 3.21. The Morgan fingerprint density at radius 3 is 2.32 bits per heavy atom. The highest BCUT2D eigenvalue weighted by atomic mass is 16.3. The van der Waals surface area contributed by atoms with E-state index in [1.807, 2.05) is 6.07 Å². The summed E-state index contributed by atoms with van der Waals surface area (Å²) in [5.41, 5.74) is 0.444. The molecule has 2 heteroatoms. The average molecular weight is 259 g/mol. The van der Waals surface area contributed by atoms with Crippen LogP contribution in [0, 0.1) is 5.92 Å². The second kappa shape index (κ2) is 5.64. The summed E-state index contributed by atoms with van der Waals surface area (Å²) in [6.45, 7) is 1.05. The molecule has 1 saturated carbocycles. The summed E-state index contributed by atoms with van der Waals surface area (Å²) < 4.78 is 0. The highest BCUT2D eigenvalue weighted by molar-refractivity contribution is 5.26. The van der Waals surface area contributed by atoms with Crippen molar-refractivity contribution < 1.29 is 5.11 Å². The summed E-state index contributed by atoms with van der Waals surface area (Å²) in [5, 5.41) is 15.1. The van der Waals surface area contributed by atoms with Crippen LogP contribution in [0.15, 0.2) is 30.3 Å². The van der Waals surface area contributed by atoms with E-state index in [1.165, 1.54) is 38.5 Å². The minimum atomic E-state index is -0.668. The molecule has 2 aliphatic rings. The highest BCUT2D eigenvalue weighted by Gasteiger charge is 2.46. The first-order chi connectivity index (χ1) is 9.32. The lowest BCUT2D eigenvalue weighted by molar-refractivity contribution is -0.0656. The van der Waals surface area contributed by atoms with Gasteiger partial charge in [-0.25, -0.2) is 0 Å². The molecule has 0 spiro atoms. The molecule has 1 aromatic carbocycles. The molecule has 104 valence electrons. The van der Waals surface area contributed by atoms with Crippen LogP contribution in [0.1, 0.15) is 50.5 Å². The van der Waals surface area contributed by atoms with Crippen LogP contribution < -0.4 is 5.32 Å². The SMILES string of the molecule is OC(c1ccccc1)(C1CCCCC1)C1CCCN1. The van der Waals surface area contributed by atoms with Gasteiger partial charge < -0.3 is 10.4 Å². The predicted molar refractivity (Wildman–Crippen MR) is 77.9 cm³/mol. The number of rotatable bonds is 3. The summed E-state index contributed by atoms with van der Waals surface area (Å²) in [7, 11) is 0. The van der Waals surface area contributed by atoms with Crippen molar-refractivity contribution in [3.05, 3.63) is 35.9 Å². The summed E-state index contributed by atoms with van der Waals surface area (Å²) >= 11 is 0. The molecule has 2 atom stereocenters. The Balaban J connectivity index is 1.94. The highest BCUT2D eigenvalue weighted by Crippen LogP contribution is 2.43. The quantitative estimate of drug-likeness (QED) is 0.873. The first kappa shape index (κ1) is 13.1. The van der Waals surface area contributed by atoms with E-state index in [0.29, 0.717) is 5.92 Å². The fourth-order valence-electron chi connectivity index (χ4n) is 4.03. The van der Waals surface area contributed by atoms with Crippen LogP contribution >= 0.6 is 0 Å². The molecule has 19 heavy (non-hydrogen) atoms.